The smallest absolute Gasteiger partial charge is 0.438 e. The number of aromatic nitrogens is 4. The third kappa shape index (κ3) is 6.15. The molecule has 1 amide bonds. The Balaban J connectivity index is 1.49. The summed E-state index contributed by atoms with van der Waals surface area (Å²) < 4.78 is 34.4. The second-order valence-corrected chi connectivity index (χ2v) is 9.99. The maximum atomic E-state index is 12.6. The van der Waals surface area contributed by atoms with Crippen molar-refractivity contribution < 1.29 is 37.7 Å². The lowest BCUT2D eigenvalue weighted by Crippen LogP contribution is -2.44. The Hall–Kier alpha value is -1.89. The van der Waals surface area contributed by atoms with Gasteiger partial charge in [0.25, 0.3) is 5.56 Å². The van der Waals surface area contributed by atoms with Crippen molar-refractivity contribution in [3.63, 3.8) is 0 Å². The Morgan fingerprint density at radius 1 is 1.33 bits per heavy atom. The number of alkyl carbamates (subject to hydrolysis) is 1. The van der Waals surface area contributed by atoms with Gasteiger partial charge >= 0.3 is 21.5 Å². The zero-order valence-corrected chi connectivity index (χ0v) is 21.4. The largest absolute Gasteiger partial charge is 0.488 e. The van der Waals surface area contributed by atoms with Crippen LogP contribution in [0.4, 0.5) is 10.7 Å². The molecule has 0 saturated carbocycles. The summed E-state index contributed by atoms with van der Waals surface area (Å²) in [7, 11) is 2.02. The molecule has 0 bridgehead atoms. The molecule has 0 aromatic carbocycles. The third-order valence-corrected chi connectivity index (χ3v) is 6.78. The van der Waals surface area contributed by atoms with E-state index in [9.17, 15) is 14.5 Å². The lowest BCUT2D eigenvalue weighted by molar-refractivity contribution is -0.0613. The second-order valence-electron chi connectivity index (χ2n) is 7.68. The van der Waals surface area contributed by atoms with Crippen LogP contribution in [0.2, 0.25) is 0 Å². The Morgan fingerprint density at radius 2 is 2.08 bits per heavy atom. The van der Waals surface area contributed by atoms with E-state index in [-0.39, 0.29) is 41.6 Å². The molecule has 36 heavy (non-hydrogen) atoms. The van der Waals surface area contributed by atoms with Gasteiger partial charge in [-0.3, -0.25) is 14.3 Å². The number of hydrogen-bond acceptors (Lipinski definition) is 13. The highest BCUT2D eigenvalue weighted by Gasteiger charge is 2.59. The van der Waals surface area contributed by atoms with Crippen LogP contribution in [0, 0.1) is 0 Å². The third-order valence-electron chi connectivity index (χ3n) is 5.16. The van der Waals surface area contributed by atoms with Gasteiger partial charge in [0.05, 0.1) is 26.4 Å². The van der Waals surface area contributed by atoms with Crippen molar-refractivity contribution in [2.75, 3.05) is 51.9 Å². The minimum absolute atomic E-state index is 0.0228. The Kier molecular flexibility index (Phi) is 8.80. The first-order chi connectivity index (χ1) is 17.2. The standard InChI is InChI=1S/C17H25BBrN7O9P/c18-36(29)32-7-8-10(35-36)11(34-17(28)22-2-4-31-6-5-30-3-1-20)14(33-8)26-12-9(23-15(26)19)13(27)25-16(21)24-12/h8,10-11,14,29H,1-7,20H2,(H,22,28)(H3,21,24,25,27)/q+1/t8-,10-,11?,14-,36?/m1/s1. The minimum atomic E-state index is -3.67. The van der Waals surface area contributed by atoms with E-state index in [1.54, 1.807) is 0 Å². The number of rotatable bonds is 10. The van der Waals surface area contributed by atoms with Gasteiger partial charge in [0, 0.05) is 13.1 Å². The van der Waals surface area contributed by atoms with Gasteiger partial charge in [-0.25, -0.2) is 14.7 Å². The van der Waals surface area contributed by atoms with Gasteiger partial charge in [0.2, 0.25) is 5.95 Å². The molecular weight excluding hydrogens is 568 g/mol. The average Bonchev–Trinajstić information content (AvgIpc) is 3.31. The molecule has 2 unspecified atom stereocenters. The molecule has 16 nitrogen and oxygen atoms in total. The Morgan fingerprint density at radius 3 is 2.83 bits per heavy atom. The summed E-state index contributed by atoms with van der Waals surface area (Å²) in [6.07, 6.45) is -4.79. The predicted molar refractivity (Wildman–Crippen MR) is 129 cm³/mol. The predicted octanol–water partition coefficient (Wildman–Crippen LogP) is -1.30. The number of fused-ring (bicyclic) bond motifs is 2. The van der Waals surface area contributed by atoms with E-state index in [2.05, 4.69) is 36.2 Å². The number of hydrogen-bond donors (Lipinski definition) is 5. The minimum Gasteiger partial charge on any atom is -0.438 e. The van der Waals surface area contributed by atoms with Gasteiger partial charge in [0.1, 0.15) is 12.7 Å². The molecule has 0 spiro atoms. The van der Waals surface area contributed by atoms with Crippen molar-refractivity contribution in [3.05, 3.63) is 15.1 Å². The molecule has 5 atom stereocenters. The molecule has 4 heterocycles. The van der Waals surface area contributed by atoms with Gasteiger partial charge < -0.3 is 35.7 Å². The van der Waals surface area contributed by atoms with Crippen LogP contribution in [-0.4, -0.2) is 103 Å². The number of imidazole rings is 1. The van der Waals surface area contributed by atoms with Crippen LogP contribution in [0.15, 0.2) is 9.53 Å². The zero-order valence-electron chi connectivity index (χ0n) is 18.9. The first-order valence-electron chi connectivity index (χ1n) is 10.8. The van der Waals surface area contributed by atoms with Crippen molar-refractivity contribution in [1.82, 2.24) is 24.8 Å². The summed E-state index contributed by atoms with van der Waals surface area (Å²) in [5, 5.41) is 2.56. The fourth-order valence-corrected chi connectivity index (χ4v) is 5.26. The van der Waals surface area contributed by atoms with E-state index in [0.29, 0.717) is 26.4 Å². The lowest BCUT2D eigenvalue weighted by Gasteiger charge is -2.29. The quantitative estimate of drug-likeness (QED) is 0.0938. The van der Waals surface area contributed by atoms with Crippen LogP contribution in [0.5, 0.6) is 0 Å². The fourth-order valence-electron chi connectivity index (χ4n) is 3.68. The number of nitrogens with two attached hydrogens (primary N) is 2. The van der Waals surface area contributed by atoms with Crippen LogP contribution in [-0.2, 0) is 28.0 Å². The number of anilines is 1. The van der Waals surface area contributed by atoms with Gasteiger partial charge in [-0.1, -0.05) is 0 Å². The fraction of sp³-hybridized carbons (Fsp3) is 0.647. The Labute approximate surface area is 214 Å². The highest BCUT2D eigenvalue weighted by atomic mass is 79.9. The highest BCUT2D eigenvalue weighted by molar-refractivity contribution is 9.10. The molecule has 2 aliphatic rings. The van der Waals surface area contributed by atoms with Crippen molar-refractivity contribution in [3.8, 4) is 0 Å². The van der Waals surface area contributed by atoms with E-state index >= 15 is 0 Å². The molecule has 2 aromatic heterocycles. The molecule has 0 aliphatic carbocycles. The zero-order chi connectivity index (χ0) is 25.9. The van der Waals surface area contributed by atoms with E-state index < -0.39 is 44.0 Å². The van der Waals surface area contributed by atoms with E-state index in [0.717, 1.165) is 0 Å². The second kappa shape index (κ2) is 11.7. The summed E-state index contributed by atoms with van der Waals surface area (Å²) in [5.41, 5.74) is 10.5. The topological polar surface area (TPSA) is 220 Å². The maximum Gasteiger partial charge on any atom is 0.488 e. The molecule has 196 valence electrons. The highest BCUT2D eigenvalue weighted by Crippen LogP contribution is 2.59. The summed E-state index contributed by atoms with van der Waals surface area (Å²) in [4.78, 5) is 45.7. The van der Waals surface area contributed by atoms with Crippen molar-refractivity contribution in [2.24, 2.45) is 5.73 Å². The first-order valence-corrected chi connectivity index (χ1v) is 13.3. The number of H-pyrrole nitrogens is 1. The summed E-state index contributed by atoms with van der Waals surface area (Å²) in [6.45, 7) is 1.81. The maximum absolute atomic E-state index is 12.6. The monoisotopic (exact) mass is 592 g/mol. The van der Waals surface area contributed by atoms with Gasteiger partial charge in [-0.05, 0) is 15.9 Å². The van der Waals surface area contributed by atoms with Crippen LogP contribution >= 0.6 is 23.8 Å². The lowest BCUT2D eigenvalue weighted by atomic mass is 10.1. The summed E-state index contributed by atoms with van der Waals surface area (Å²) in [5.74, 6) is -0.151. The molecule has 2 aliphatic heterocycles. The van der Waals surface area contributed by atoms with Gasteiger partial charge in [0.15, 0.2) is 34.3 Å². The number of aromatic amines is 1. The molecule has 2 fully saturated rings. The number of carbonyl (C=O) groups is 1. The Bertz CT molecular complexity index is 1140. The van der Waals surface area contributed by atoms with Gasteiger partial charge in [-0.15, -0.1) is 0 Å². The van der Waals surface area contributed by atoms with E-state index in [1.807, 2.05) is 0 Å². The SMILES string of the molecule is [B][P+]1(O)OC[C@H]2O[C@@H](n3c(Br)nc4c(=O)[nH]c(N)nc43)C(OC(=O)NCCOCCOCCN)[C@@H]2O1. The molecule has 2 saturated heterocycles. The first kappa shape index (κ1) is 27.2. The number of nitrogens with one attached hydrogen (secondary N) is 2. The average molecular weight is 593 g/mol. The normalized spacial score (nSPS) is 27.8. The number of carbonyl (C=O) groups excluding carboxylic acids is 1. The van der Waals surface area contributed by atoms with E-state index in [4.69, 9.17) is 47.0 Å². The molecule has 19 heteroatoms. The number of ether oxygens (including phenoxy) is 4. The molecule has 2 radical (unpaired) electrons. The van der Waals surface area contributed by atoms with Gasteiger partial charge in [-0.2, -0.15) is 14.0 Å². The van der Waals surface area contributed by atoms with Crippen molar-refractivity contribution in [2.45, 2.75) is 24.5 Å². The van der Waals surface area contributed by atoms with Crippen LogP contribution in [0.1, 0.15) is 6.23 Å². The van der Waals surface area contributed by atoms with Crippen LogP contribution in [0.25, 0.3) is 11.2 Å². The number of amides is 1. The number of halogens is 1. The summed E-state index contributed by atoms with van der Waals surface area (Å²) in [6, 6.07) is 0. The molecule has 7 N–H and O–H groups in total. The number of nitrogen functional groups attached to an aromatic ring is 1. The number of nitrogens with zero attached hydrogens (tertiary/aromatic N) is 3. The van der Waals surface area contributed by atoms with Crippen LogP contribution < -0.4 is 22.3 Å². The van der Waals surface area contributed by atoms with Crippen LogP contribution in [0.3, 0.4) is 0 Å². The molecular formula is C17H25BBrN7O9P+. The molecule has 2 aromatic rings. The molecule has 4 rings (SSSR count). The van der Waals surface area contributed by atoms with Crippen molar-refractivity contribution in [1.29, 1.82) is 0 Å². The van der Waals surface area contributed by atoms with E-state index in [1.165, 1.54) is 4.57 Å². The van der Waals surface area contributed by atoms with Crippen molar-refractivity contribution >= 4 is 54.5 Å². The summed E-state index contributed by atoms with van der Waals surface area (Å²) >= 11 is 3.28.